The lowest BCUT2D eigenvalue weighted by Gasteiger charge is -2.82. The Morgan fingerprint density at radius 2 is 0.904 bits per heavy atom. The maximum atomic E-state index is 4.57. The summed E-state index contributed by atoms with van der Waals surface area (Å²) in [5.41, 5.74) is 10.9. The molecule has 8 bridgehead atoms. The third kappa shape index (κ3) is 3.95. The van der Waals surface area contributed by atoms with Gasteiger partial charge >= 0.3 is 0 Å². The minimum Gasteiger partial charge on any atom is -0.0985 e. The topological polar surface area (TPSA) is 0 Å². The molecule has 5 atom stereocenters. The predicted octanol–water partition coefficient (Wildman–Crippen LogP) is 13.3. The van der Waals surface area contributed by atoms with E-state index in [1.165, 1.54) is 102 Å². The van der Waals surface area contributed by atoms with Crippen molar-refractivity contribution in [3.8, 4) is 0 Å². The van der Waals surface area contributed by atoms with E-state index in [2.05, 4.69) is 148 Å². The number of hydrogen-bond donors (Lipinski definition) is 0. The van der Waals surface area contributed by atoms with Crippen molar-refractivity contribution in [2.24, 2.45) is 40.4 Å². The molecule has 8 aliphatic rings. The highest BCUT2D eigenvalue weighted by molar-refractivity contribution is 5.72. The highest BCUT2D eigenvalue weighted by atomic mass is 14.8. The summed E-state index contributed by atoms with van der Waals surface area (Å²) in [6.45, 7) is 18.1. The Morgan fingerprint density at radius 1 is 0.442 bits per heavy atom. The van der Waals surface area contributed by atoms with E-state index in [0.717, 1.165) is 24.2 Å². The molecule has 5 unspecified atom stereocenters. The normalized spacial score (nSPS) is 36.0. The Hall–Kier alpha value is -4.16. The zero-order chi connectivity index (χ0) is 35.3. The molecule has 0 radical (unpaired) electrons. The lowest BCUT2D eigenvalue weighted by Crippen LogP contribution is -2.78. The van der Waals surface area contributed by atoms with Gasteiger partial charge in [0.25, 0.3) is 0 Å². The summed E-state index contributed by atoms with van der Waals surface area (Å²) >= 11 is 0. The van der Waals surface area contributed by atoms with Crippen LogP contribution in [0.15, 0.2) is 123 Å². The van der Waals surface area contributed by atoms with Crippen LogP contribution in [0.25, 0.3) is 24.3 Å². The van der Waals surface area contributed by atoms with Crippen LogP contribution in [0.3, 0.4) is 0 Å². The van der Waals surface area contributed by atoms with E-state index in [4.69, 9.17) is 0 Å². The molecule has 12 rings (SSSR count). The molecule has 8 saturated carbocycles. The first-order chi connectivity index (χ1) is 25.5. The molecule has 8 aliphatic carbocycles. The van der Waals surface area contributed by atoms with Gasteiger partial charge in [-0.15, -0.1) is 0 Å². The molecule has 52 heavy (non-hydrogen) atoms. The van der Waals surface area contributed by atoms with Crippen LogP contribution in [-0.4, -0.2) is 0 Å². The average molecular weight is 679 g/mol. The van der Waals surface area contributed by atoms with Crippen molar-refractivity contribution in [2.45, 2.75) is 81.0 Å². The zero-order valence-electron chi connectivity index (χ0n) is 30.9. The SMILES string of the molecule is C=Cc1ccccc1C1C2CC3CC1(c1ccccc1C=C)C(c1ccccc1C=C)(c1ccccc1C=C)C(C14CC5CC(CC(C5)C1)C4)(C3)C2. The van der Waals surface area contributed by atoms with Gasteiger partial charge < -0.3 is 0 Å². The van der Waals surface area contributed by atoms with Gasteiger partial charge in [-0.05, 0) is 155 Å². The van der Waals surface area contributed by atoms with E-state index < -0.39 is 0 Å². The smallest absolute Gasteiger partial charge is 0.0379 e. The number of hydrogen-bond acceptors (Lipinski definition) is 0. The van der Waals surface area contributed by atoms with Crippen molar-refractivity contribution in [2.75, 3.05) is 0 Å². The first-order valence-corrected chi connectivity index (χ1v) is 20.3. The second-order valence-electron chi connectivity index (χ2n) is 18.2. The molecule has 8 fully saturated rings. The minimum absolute atomic E-state index is 0.0635. The van der Waals surface area contributed by atoms with Gasteiger partial charge in [0.2, 0.25) is 0 Å². The molecule has 0 heterocycles. The summed E-state index contributed by atoms with van der Waals surface area (Å²) in [5, 5.41) is 0. The van der Waals surface area contributed by atoms with Gasteiger partial charge in [-0.25, -0.2) is 0 Å². The monoisotopic (exact) mass is 678 g/mol. The summed E-state index contributed by atoms with van der Waals surface area (Å²) in [7, 11) is 0. The lowest BCUT2D eigenvalue weighted by atomic mass is 9.21. The second kappa shape index (κ2) is 11.7. The average Bonchev–Trinajstić information content (AvgIpc) is 3.17. The fourth-order valence-electron chi connectivity index (χ4n) is 15.9. The quantitative estimate of drug-likeness (QED) is 0.165. The molecular formula is C52H54. The van der Waals surface area contributed by atoms with Crippen molar-refractivity contribution in [1.82, 2.24) is 0 Å². The van der Waals surface area contributed by atoms with Crippen LogP contribution in [0, 0.1) is 40.4 Å². The van der Waals surface area contributed by atoms with Crippen LogP contribution in [0.2, 0.25) is 0 Å². The van der Waals surface area contributed by atoms with Crippen molar-refractivity contribution in [1.29, 1.82) is 0 Å². The molecule has 0 spiro atoms. The third-order valence-corrected chi connectivity index (χ3v) is 16.3. The van der Waals surface area contributed by atoms with E-state index in [9.17, 15) is 0 Å². The van der Waals surface area contributed by atoms with Crippen LogP contribution >= 0.6 is 0 Å². The Balaban J connectivity index is 1.46. The third-order valence-electron chi connectivity index (χ3n) is 16.3. The molecule has 4 aromatic carbocycles. The largest absolute Gasteiger partial charge is 0.0985 e. The maximum Gasteiger partial charge on any atom is 0.0379 e. The van der Waals surface area contributed by atoms with Gasteiger partial charge in [-0.3, -0.25) is 0 Å². The summed E-state index contributed by atoms with van der Waals surface area (Å²) in [5.74, 6) is 4.17. The molecule has 0 aliphatic heterocycles. The summed E-state index contributed by atoms with van der Waals surface area (Å²) in [6.07, 6.45) is 22.4. The zero-order valence-corrected chi connectivity index (χ0v) is 30.9. The molecule has 262 valence electrons. The molecular weight excluding hydrogens is 625 g/mol. The van der Waals surface area contributed by atoms with Crippen LogP contribution in [0.1, 0.15) is 115 Å². The maximum absolute atomic E-state index is 4.57. The lowest BCUT2D eigenvalue weighted by molar-refractivity contribution is -0.250. The van der Waals surface area contributed by atoms with Gasteiger partial charge in [-0.1, -0.05) is 148 Å². The first kappa shape index (κ1) is 32.5. The Labute approximate surface area is 312 Å². The van der Waals surface area contributed by atoms with Crippen molar-refractivity contribution in [3.05, 3.63) is 168 Å². The summed E-state index contributed by atoms with van der Waals surface area (Å²) < 4.78 is 0. The van der Waals surface area contributed by atoms with Crippen molar-refractivity contribution in [3.63, 3.8) is 0 Å². The standard InChI is InChI=1S/C52H54/c1-5-39-17-9-13-21-44(39)48-43-28-38-32-50(34-43,49-29-35-25-36(30-49)27-37(26-35)31-49)52(46-23-15-11-19-41(46)7-3,47-24-16-12-20-42(47)8-4)51(48,33-38)45-22-14-10-18-40(45)6-2/h5-24,35-38,43,48H,1-4,25-34H2. The molecule has 0 heteroatoms. The minimum atomic E-state index is -0.354. The molecule has 0 saturated heterocycles. The van der Waals surface area contributed by atoms with E-state index in [-0.39, 0.29) is 16.2 Å². The van der Waals surface area contributed by atoms with E-state index in [1.807, 2.05) is 0 Å². The highest BCUT2D eigenvalue weighted by Gasteiger charge is 2.82. The fraction of sp³-hybridized carbons (Fsp3) is 0.385. The first-order valence-electron chi connectivity index (χ1n) is 20.3. The van der Waals surface area contributed by atoms with E-state index in [1.54, 1.807) is 0 Å². The van der Waals surface area contributed by atoms with Crippen molar-refractivity contribution < 1.29 is 0 Å². The molecule has 0 aromatic heterocycles. The van der Waals surface area contributed by atoms with Crippen LogP contribution in [-0.2, 0) is 10.8 Å². The Bertz CT molecular complexity index is 2020. The summed E-state index contributed by atoms with van der Waals surface area (Å²) in [4.78, 5) is 0. The van der Waals surface area contributed by atoms with Crippen LogP contribution in [0.4, 0.5) is 0 Å². The Kier molecular flexibility index (Phi) is 7.29. The van der Waals surface area contributed by atoms with Gasteiger partial charge in [0.05, 0.1) is 0 Å². The van der Waals surface area contributed by atoms with Gasteiger partial charge in [-0.2, -0.15) is 0 Å². The molecule has 0 amide bonds. The van der Waals surface area contributed by atoms with Crippen molar-refractivity contribution >= 4 is 24.3 Å². The van der Waals surface area contributed by atoms with Crippen LogP contribution in [0.5, 0.6) is 0 Å². The van der Waals surface area contributed by atoms with E-state index >= 15 is 0 Å². The Morgan fingerprint density at radius 3 is 1.44 bits per heavy atom. The number of rotatable bonds is 9. The van der Waals surface area contributed by atoms with Gasteiger partial charge in [0.15, 0.2) is 0 Å². The van der Waals surface area contributed by atoms with Gasteiger partial charge in [0, 0.05) is 10.8 Å². The second-order valence-corrected chi connectivity index (χ2v) is 18.2. The van der Waals surface area contributed by atoms with Gasteiger partial charge in [0.1, 0.15) is 0 Å². The van der Waals surface area contributed by atoms with E-state index in [0.29, 0.717) is 23.2 Å². The number of benzene rings is 4. The molecule has 4 aromatic rings. The molecule has 0 nitrogen and oxygen atoms in total. The predicted molar refractivity (Wildman–Crippen MR) is 220 cm³/mol. The van der Waals surface area contributed by atoms with Crippen LogP contribution < -0.4 is 0 Å². The highest BCUT2D eigenvalue weighted by Crippen LogP contribution is 2.86. The summed E-state index contributed by atoms with van der Waals surface area (Å²) in [6, 6.07) is 37.8. The fourth-order valence-corrected chi connectivity index (χ4v) is 15.9. The molecule has 0 N–H and O–H groups in total.